The predicted molar refractivity (Wildman–Crippen MR) is 59.4 cm³/mol. The summed E-state index contributed by atoms with van der Waals surface area (Å²) in [4.78, 5) is 0. The molecule has 0 aliphatic carbocycles. The highest BCUT2D eigenvalue weighted by Crippen LogP contribution is 1.95. The van der Waals surface area contributed by atoms with E-state index in [1.165, 1.54) is 0 Å². The van der Waals surface area contributed by atoms with Crippen LogP contribution in [-0.4, -0.2) is 37.5 Å². The minimum atomic E-state index is 0.288. The molecule has 0 spiro atoms. The van der Waals surface area contributed by atoms with Gasteiger partial charge in [0, 0.05) is 25.8 Å². The molecule has 3 nitrogen and oxygen atoms in total. The number of aliphatic hydroxyl groups excluding tert-OH is 1. The molecule has 1 atom stereocenters. The Bertz CT molecular complexity index is 118. The minimum absolute atomic E-state index is 0.288. The lowest BCUT2D eigenvalue weighted by Gasteiger charge is -2.13. The average molecular weight is 203 g/mol. The van der Waals surface area contributed by atoms with Gasteiger partial charge in [0.25, 0.3) is 0 Å². The fourth-order valence-corrected chi connectivity index (χ4v) is 1.20. The third-order valence-corrected chi connectivity index (χ3v) is 1.99. The molecular formula is C11H25NO2. The lowest BCUT2D eigenvalue weighted by molar-refractivity contribution is 0.110. The van der Waals surface area contributed by atoms with Gasteiger partial charge in [-0.15, -0.1) is 0 Å². The smallest absolute Gasteiger partial charge is 0.0591 e. The molecule has 0 rings (SSSR count). The van der Waals surface area contributed by atoms with E-state index >= 15 is 0 Å². The van der Waals surface area contributed by atoms with E-state index in [0.717, 1.165) is 32.6 Å². The van der Waals surface area contributed by atoms with E-state index in [2.05, 4.69) is 26.1 Å². The standard InChI is InChI=1S/C11H25NO2/c1-10(2)9-14-8-6-12-11(3)5-4-7-13/h10-13H,4-9H2,1-3H3. The van der Waals surface area contributed by atoms with Crippen LogP contribution in [0.1, 0.15) is 33.6 Å². The van der Waals surface area contributed by atoms with Crippen LogP contribution in [0.5, 0.6) is 0 Å². The topological polar surface area (TPSA) is 41.5 Å². The Morgan fingerprint density at radius 1 is 1.29 bits per heavy atom. The summed E-state index contributed by atoms with van der Waals surface area (Å²) in [7, 11) is 0. The summed E-state index contributed by atoms with van der Waals surface area (Å²) in [6.07, 6.45) is 1.90. The SMILES string of the molecule is CC(C)COCCNC(C)CCCO. The zero-order valence-corrected chi connectivity index (χ0v) is 9.75. The molecule has 0 aliphatic heterocycles. The highest BCUT2D eigenvalue weighted by atomic mass is 16.5. The molecule has 0 fully saturated rings. The van der Waals surface area contributed by atoms with Crippen molar-refractivity contribution in [2.75, 3.05) is 26.4 Å². The average Bonchev–Trinajstić information content (AvgIpc) is 2.13. The molecule has 0 aliphatic rings. The van der Waals surface area contributed by atoms with E-state index in [4.69, 9.17) is 9.84 Å². The molecule has 2 N–H and O–H groups in total. The van der Waals surface area contributed by atoms with Crippen LogP contribution in [0, 0.1) is 5.92 Å². The van der Waals surface area contributed by atoms with E-state index in [0.29, 0.717) is 12.0 Å². The number of hydrogen-bond acceptors (Lipinski definition) is 3. The molecule has 86 valence electrons. The molecule has 0 bridgehead atoms. The van der Waals surface area contributed by atoms with Crippen LogP contribution in [0.4, 0.5) is 0 Å². The van der Waals surface area contributed by atoms with Crippen LogP contribution < -0.4 is 5.32 Å². The first-order valence-electron chi connectivity index (χ1n) is 5.58. The van der Waals surface area contributed by atoms with Crippen LogP contribution in [-0.2, 0) is 4.74 Å². The largest absolute Gasteiger partial charge is 0.396 e. The Morgan fingerprint density at radius 2 is 2.00 bits per heavy atom. The molecule has 1 unspecified atom stereocenters. The first-order chi connectivity index (χ1) is 6.66. The molecule has 0 aromatic heterocycles. The van der Waals surface area contributed by atoms with Crippen molar-refractivity contribution < 1.29 is 9.84 Å². The maximum absolute atomic E-state index is 8.63. The Hall–Kier alpha value is -0.120. The fraction of sp³-hybridized carbons (Fsp3) is 1.00. The number of ether oxygens (including phenoxy) is 1. The van der Waals surface area contributed by atoms with Crippen molar-refractivity contribution in [2.24, 2.45) is 5.92 Å². The predicted octanol–water partition coefficient (Wildman–Crippen LogP) is 1.41. The molecule has 0 amide bonds. The molecule has 14 heavy (non-hydrogen) atoms. The molecule has 3 heteroatoms. The molecule has 0 heterocycles. The molecule has 0 aromatic carbocycles. The molecule has 0 saturated heterocycles. The Balaban J connectivity index is 3.10. The van der Waals surface area contributed by atoms with Crippen molar-refractivity contribution in [1.29, 1.82) is 0 Å². The normalized spacial score (nSPS) is 13.5. The van der Waals surface area contributed by atoms with Gasteiger partial charge in [-0.3, -0.25) is 0 Å². The van der Waals surface area contributed by atoms with E-state index < -0.39 is 0 Å². The van der Waals surface area contributed by atoms with Crippen LogP contribution in [0.25, 0.3) is 0 Å². The Kier molecular flexibility index (Phi) is 9.35. The number of nitrogens with one attached hydrogen (secondary N) is 1. The third-order valence-electron chi connectivity index (χ3n) is 1.99. The third kappa shape index (κ3) is 9.96. The summed E-state index contributed by atoms with van der Waals surface area (Å²) in [5, 5.41) is 12.0. The highest BCUT2D eigenvalue weighted by molar-refractivity contribution is 4.59. The summed E-state index contributed by atoms with van der Waals surface area (Å²) in [5.41, 5.74) is 0. The monoisotopic (exact) mass is 203 g/mol. The lowest BCUT2D eigenvalue weighted by atomic mass is 10.2. The fourth-order valence-electron chi connectivity index (χ4n) is 1.20. The van der Waals surface area contributed by atoms with Crippen molar-refractivity contribution in [1.82, 2.24) is 5.32 Å². The van der Waals surface area contributed by atoms with Crippen molar-refractivity contribution in [3.63, 3.8) is 0 Å². The molecule has 0 saturated carbocycles. The summed E-state index contributed by atoms with van der Waals surface area (Å²) in [6.45, 7) is 9.25. The molecular weight excluding hydrogens is 178 g/mol. The van der Waals surface area contributed by atoms with Crippen LogP contribution in [0.3, 0.4) is 0 Å². The van der Waals surface area contributed by atoms with Gasteiger partial charge in [0.05, 0.1) is 6.61 Å². The summed E-state index contributed by atoms with van der Waals surface area (Å²) < 4.78 is 5.44. The van der Waals surface area contributed by atoms with E-state index in [9.17, 15) is 0 Å². The van der Waals surface area contributed by atoms with Gasteiger partial charge in [0.1, 0.15) is 0 Å². The second kappa shape index (κ2) is 9.44. The van der Waals surface area contributed by atoms with E-state index in [-0.39, 0.29) is 6.61 Å². The van der Waals surface area contributed by atoms with Gasteiger partial charge >= 0.3 is 0 Å². The summed E-state index contributed by atoms with van der Waals surface area (Å²) in [6, 6.07) is 0.477. The zero-order valence-electron chi connectivity index (χ0n) is 9.75. The van der Waals surface area contributed by atoms with Crippen molar-refractivity contribution in [3.05, 3.63) is 0 Å². The minimum Gasteiger partial charge on any atom is -0.396 e. The summed E-state index contributed by atoms with van der Waals surface area (Å²) in [5.74, 6) is 0.613. The van der Waals surface area contributed by atoms with Crippen LogP contribution in [0.2, 0.25) is 0 Å². The maximum Gasteiger partial charge on any atom is 0.0591 e. The quantitative estimate of drug-likeness (QED) is 0.557. The first-order valence-corrected chi connectivity index (χ1v) is 5.58. The molecule has 0 aromatic rings. The second-order valence-electron chi connectivity index (χ2n) is 4.19. The summed E-state index contributed by atoms with van der Waals surface area (Å²) >= 11 is 0. The van der Waals surface area contributed by atoms with E-state index in [1.807, 2.05) is 0 Å². The number of hydrogen-bond donors (Lipinski definition) is 2. The van der Waals surface area contributed by atoms with Gasteiger partial charge in [-0.25, -0.2) is 0 Å². The lowest BCUT2D eigenvalue weighted by Crippen LogP contribution is -2.29. The van der Waals surface area contributed by atoms with E-state index in [1.54, 1.807) is 0 Å². The van der Waals surface area contributed by atoms with Crippen molar-refractivity contribution in [2.45, 2.75) is 39.7 Å². The van der Waals surface area contributed by atoms with Crippen molar-refractivity contribution >= 4 is 0 Å². The van der Waals surface area contributed by atoms with Gasteiger partial charge in [0.15, 0.2) is 0 Å². The Labute approximate surface area is 87.8 Å². The van der Waals surface area contributed by atoms with Crippen molar-refractivity contribution in [3.8, 4) is 0 Å². The number of rotatable bonds is 9. The zero-order chi connectivity index (χ0) is 10.8. The van der Waals surface area contributed by atoms with Gasteiger partial charge in [0.2, 0.25) is 0 Å². The second-order valence-corrected chi connectivity index (χ2v) is 4.19. The molecule has 0 radical (unpaired) electrons. The highest BCUT2D eigenvalue weighted by Gasteiger charge is 1.99. The number of aliphatic hydroxyl groups is 1. The Morgan fingerprint density at radius 3 is 2.57 bits per heavy atom. The van der Waals surface area contributed by atoms with Gasteiger partial charge in [-0.2, -0.15) is 0 Å². The van der Waals surface area contributed by atoms with Gasteiger partial charge in [-0.05, 0) is 25.7 Å². The maximum atomic E-state index is 8.63. The first kappa shape index (κ1) is 13.9. The van der Waals surface area contributed by atoms with Gasteiger partial charge < -0.3 is 15.2 Å². The van der Waals surface area contributed by atoms with Crippen LogP contribution >= 0.6 is 0 Å². The van der Waals surface area contributed by atoms with Gasteiger partial charge in [-0.1, -0.05) is 13.8 Å². The van der Waals surface area contributed by atoms with Crippen LogP contribution in [0.15, 0.2) is 0 Å².